The molecule has 0 radical (unpaired) electrons. The van der Waals surface area contributed by atoms with Crippen LogP contribution in [0.3, 0.4) is 0 Å². The number of carbonyl (C=O) groups excluding carboxylic acids is 2. The molecular weight excluding hydrogens is 370 g/mol. The minimum atomic E-state index is -0.422. The number of hydrogen-bond acceptors (Lipinski definition) is 4. The predicted molar refractivity (Wildman–Crippen MR) is 114 cm³/mol. The van der Waals surface area contributed by atoms with Crippen LogP contribution in [-0.4, -0.2) is 33.2 Å². The zero-order valence-electron chi connectivity index (χ0n) is 16.0. The number of rotatable bonds is 5. The first-order chi connectivity index (χ1) is 13.5. The molecule has 1 atom stereocenters. The van der Waals surface area contributed by atoms with E-state index in [1.807, 2.05) is 62.4 Å². The molecule has 0 unspecified atom stereocenters. The van der Waals surface area contributed by atoms with Gasteiger partial charge in [0.2, 0.25) is 11.8 Å². The van der Waals surface area contributed by atoms with Gasteiger partial charge in [-0.05, 0) is 56.5 Å². The smallest absolute Gasteiger partial charge is 0.242 e. The summed E-state index contributed by atoms with van der Waals surface area (Å²) in [6, 6.07) is 15.8. The van der Waals surface area contributed by atoms with E-state index in [0.717, 1.165) is 35.3 Å². The highest BCUT2D eigenvalue weighted by molar-refractivity contribution is 8.15. The lowest BCUT2D eigenvalue weighted by Gasteiger charge is -2.15. The van der Waals surface area contributed by atoms with E-state index >= 15 is 0 Å². The van der Waals surface area contributed by atoms with Gasteiger partial charge < -0.3 is 5.32 Å². The van der Waals surface area contributed by atoms with Gasteiger partial charge in [-0.2, -0.15) is 0 Å². The van der Waals surface area contributed by atoms with Crippen molar-refractivity contribution in [2.45, 2.75) is 44.4 Å². The molecule has 2 fully saturated rings. The van der Waals surface area contributed by atoms with E-state index in [1.54, 1.807) is 4.90 Å². The van der Waals surface area contributed by atoms with Gasteiger partial charge in [-0.3, -0.25) is 14.5 Å². The van der Waals surface area contributed by atoms with Crippen LogP contribution in [0, 0.1) is 13.8 Å². The molecule has 1 aliphatic heterocycles. The Morgan fingerprint density at radius 3 is 2.57 bits per heavy atom. The Hall–Kier alpha value is -2.60. The summed E-state index contributed by atoms with van der Waals surface area (Å²) in [6.45, 7) is 4.02. The number of thioether (sulfide) groups is 1. The minimum Gasteiger partial charge on any atom is -0.326 e. The number of hydrogen-bond donors (Lipinski definition) is 1. The summed E-state index contributed by atoms with van der Waals surface area (Å²) >= 11 is 1.40. The molecule has 5 nitrogen and oxygen atoms in total. The predicted octanol–water partition coefficient (Wildman–Crippen LogP) is 4.43. The summed E-state index contributed by atoms with van der Waals surface area (Å²) < 4.78 is 0. The number of anilines is 1. The number of amidine groups is 1. The molecule has 1 aliphatic carbocycles. The number of amides is 2. The summed E-state index contributed by atoms with van der Waals surface area (Å²) in [5.74, 6) is -0.153. The van der Waals surface area contributed by atoms with Crippen LogP contribution in [0.4, 0.5) is 11.4 Å². The highest BCUT2D eigenvalue weighted by atomic mass is 32.2. The van der Waals surface area contributed by atoms with Crippen LogP contribution in [-0.2, 0) is 9.59 Å². The number of nitrogens with one attached hydrogen (secondary N) is 1. The van der Waals surface area contributed by atoms with Gasteiger partial charge in [-0.25, -0.2) is 4.99 Å². The summed E-state index contributed by atoms with van der Waals surface area (Å²) in [4.78, 5) is 31.9. The fourth-order valence-electron chi connectivity index (χ4n) is 3.19. The maximum Gasteiger partial charge on any atom is 0.242 e. The molecule has 1 saturated carbocycles. The number of benzene rings is 2. The Morgan fingerprint density at radius 2 is 1.89 bits per heavy atom. The molecule has 1 N–H and O–H groups in total. The van der Waals surface area contributed by atoms with Crippen molar-refractivity contribution in [2.75, 3.05) is 5.32 Å². The highest BCUT2D eigenvalue weighted by Crippen LogP contribution is 2.39. The first-order valence-electron chi connectivity index (χ1n) is 9.51. The topological polar surface area (TPSA) is 61.8 Å². The average molecular weight is 394 g/mol. The zero-order chi connectivity index (χ0) is 19.7. The van der Waals surface area contributed by atoms with Crippen molar-refractivity contribution >= 4 is 40.1 Å². The minimum absolute atomic E-state index is 0.00189. The first kappa shape index (κ1) is 18.7. The van der Waals surface area contributed by atoms with E-state index in [2.05, 4.69) is 5.32 Å². The summed E-state index contributed by atoms with van der Waals surface area (Å²) in [5, 5.41) is 3.18. The van der Waals surface area contributed by atoms with E-state index in [-0.39, 0.29) is 24.3 Å². The number of aliphatic imine (C=N–C) groups is 1. The van der Waals surface area contributed by atoms with E-state index in [9.17, 15) is 9.59 Å². The lowest BCUT2D eigenvalue weighted by atomic mass is 10.2. The van der Waals surface area contributed by atoms with Gasteiger partial charge in [-0.1, -0.05) is 41.6 Å². The summed E-state index contributed by atoms with van der Waals surface area (Å²) in [5.41, 5.74) is 3.85. The zero-order valence-corrected chi connectivity index (χ0v) is 16.8. The largest absolute Gasteiger partial charge is 0.326 e. The second-order valence-corrected chi connectivity index (χ2v) is 8.57. The molecule has 0 bridgehead atoms. The van der Waals surface area contributed by atoms with Crippen molar-refractivity contribution in [1.82, 2.24) is 4.90 Å². The van der Waals surface area contributed by atoms with Crippen LogP contribution in [0.1, 0.15) is 30.4 Å². The normalized spacial score (nSPS) is 20.6. The third-order valence-corrected chi connectivity index (χ3v) is 5.96. The van der Waals surface area contributed by atoms with E-state index in [0.29, 0.717) is 5.17 Å². The van der Waals surface area contributed by atoms with Gasteiger partial charge in [-0.15, -0.1) is 0 Å². The average Bonchev–Trinajstić information content (AvgIpc) is 3.43. The van der Waals surface area contributed by atoms with Crippen LogP contribution in [0.15, 0.2) is 53.5 Å². The lowest BCUT2D eigenvalue weighted by molar-refractivity contribution is -0.128. The van der Waals surface area contributed by atoms with E-state index in [1.165, 1.54) is 11.8 Å². The van der Waals surface area contributed by atoms with Gasteiger partial charge in [0.25, 0.3) is 0 Å². The molecule has 2 aromatic rings. The molecule has 4 rings (SSSR count). The third kappa shape index (κ3) is 4.28. The van der Waals surface area contributed by atoms with Gasteiger partial charge in [0.1, 0.15) is 5.25 Å². The molecule has 0 aromatic heterocycles. The number of aryl methyl sites for hydroxylation is 2. The second-order valence-electron chi connectivity index (χ2n) is 7.40. The third-order valence-electron chi connectivity index (χ3n) is 4.81. The molecular formula is C22H23N3O2S. The Balaban J connectivity index is 1.48. The molecule has 0 spiro atoms. The van der Waals surface area contributed by atoms with Gasteiger partial charge in [0.05, 0.1) is 5.69 Å². The Bertz CT molecular complexity index is 935. The van der Waals surface area contributed by atoms with Crippen LogP contribution < -0.4 is 5.32 Å². The van der Waals surface area contributed by atoms with Crippen LogP contribution in [0.2, 0.25) is 0 Å². The second kappa shape index (κ2) is 7.80. The Kier molecular flexibility index (Phi) is 5.22. The van der Waals surface area contributed by atoms with Crippen molar-refractivity contribution in [3.8, 4) is 0 Å². The molecule has 1 saturated heterocycles. The van der Waals surface area contributed by atoms with Gasteiger partial charge >= 0.3 is 0 Å². The van der Waals surface area contributed by atoms with Crippen LogP contribution in [0.5, 0.6) is 0 Å². The molecule has 2 amide bonds. The van der Waals surface area contributed by atoms with E-state index in [4.69, 9.17) is 4.99 Å². The number of carbonyl (C=O) groups is 2. The number of nitrogens with zero attached hydrogens (tertiary/aromatic N) is 2. The molecule has 2 aromatic carbocycles. The molecule has 28 heavy (non-hydrogen) atoms. The molecule has 144 valence electrons. The van der Waals surface area contributed by atoms with Crippen molar-refractivity contribution in [2.24, 2.45) is 4.99 Å². The highest BCUT2D eigenvalue weighted by Gasteiger charge is 2.46. The summed E-state index contributed by atoms with van der Waals surface area (Å²) in [6.07, 6.45) is 2.15. The van der Waals surface area contributed by atoms with Gasteiger partial charge in [0.15, 0.2) is 5.17 Å². The Morgan fingerprint density at radius 1 is 1.14 bits per heavy atom. The monoisotopic (exact) mass is 393 g/mol. The van der Waals surface area contributed by atoms with Gasteiger partial charge in [0, 0.05) is 18.2 Å². The molecule has 6 heteroatoms. The quantitative estimate of drug-likeness (QED) is 0.818. The lowest BCUT2D eigenvalue weighted by Crippen LogP contribution is -2.35. The standard InChI is InChI=1S/C22H23N3O2S/c1-14-6-8-16(9-7-14)23-20(26)13-19-21(27)25(18-10-11-18)22(28-19)24-17-5-3-4-15(2)12-17/h3-9,12,18-19H,10-11,13H2,1-2H3,(H,23,26)/t19-/m0/s1. The van der Waals surface area contributed by atoms with Crippen molar-refractivity contribution in [1.29, 1.82) is 0 Å². The molecule has 1 heterocycles. The van der Waals surface area contributed by atoms with Crippen molar-refractivity contribution in [3.63, 3.8) is 0 Å². The summed E-state index contributed by atoms with van der Waals surface area (Å²) in [7, 11) is 0. The SMILES string of the molecule is Cc1ccc(NC(=O)C[C@@H]2SC(=Nc3cccc(C)c3)N(C3CC3)C2=O)cc1. The van der Waals surface area contributed by atoms with Crippen molar-refractivity contribution < 1.29 is 9.59 Å². The Labute approximate surface area is 169 Å². The first-order valence-corrected chi connectivity index (χ1v) is 10.4. The molecule has 2 aliphatic rings. The fourth-order valence-corrected chi connectivity index (χ4v) is 4.40. The van der Waals surface area contributed by atoms with Crippen molar-refractivity contribution in [3.05, 3.63) is 59.7 Å². The maximum atomic E-state index is 12.9. The maximum absolute atomic E-state index is 12.9. The van der Waals surface area contributed by atoms with Crippen LogP contribution >= 0.6 is 11.8 Å². The van der Waals surface area contributed by atoms with E-state index < -0.39 is 5.25 Å². The van der Waals surface area contributed by atoms with Crippen LogP contribution in [0.25, 0.3) is 0 Å². The fraction of sp³-hybridized carbons (Fsp3) is 0.318.